The molecule has 1 amide bonds. The van der Waals surface area contributed by atoms with Crippen molar-refractivity contribution in [1.29, 1.82) is 0 Å². The van der Waals surface area contributed by atoms with E-state index in [-0.39, 0.29) is 17.9 Å². The lowest BCUT2D eigenvalue weighted by atomic mass is 9.96. The Morgan fingerprint density at radius 3 is 2.35 bits per heavy atom. The molecule has 1 aliphatic heterocycles. The lowest BCUT2D eigenvalue weighted by Crippen LogP contribution is -2.43. The highest BCUT2D eigenvalue weighted by atomic mass is 35.5. The predicted molar refractivity (Wildman–Crippen MR) is 123 cm³/mol. The SMILES string of the molecule is CC(NC(=O)C1CCN(S(=O)(=O)c2ccc3ccccc3c2)CC1)c1ccccc1Cl. The molecule has 0 aromatic heterocycles. The van der Waals surface area contributed by atoms with Crippen LogP contribution in [0, 0.1) is 5.92 Å². The van der Waals surface area contributed by atoms with Crippen molar-refractivity contribution in [3.8, 4) is 0 Å². The van der Waals surface area contributed by atoms with E-state index in [1.165, 1.54) is 4.31 Å². The molecule has 1 aliphatic rings. The van der Waals surface area contributed by atoms with Gasteiger partial charge in [0.15, 0.2) is 0 Å². The molecule has 1 atom stereocenters. The first-order chi connectivity index (χ1) is 14.9. The summed E-state index contributed by atoms with van der Waals surface area (Å²) < 4.78 is 27.7. The van der Waals surface area contributed by atoms with Gasteiger partial charge in [0.05, 0.1) is 10.9 Å². The van der Waals surface area contributed by atoms with Crippen molar-refractivity contribution >= 4 is 38.3 Å². The highest BCUT2D eigenvalue weighted by Gasteiger charge is 2.32. The number of rotatable bonds is 5. The summed E-state index contributed by atoms with van der Waals surface area (Å²) in [6.45, 7) is 2.56. The molecule has 0 bridgehead atoms. The average Bonchev–Trinajstić information content (AvgIpc) is 2.79. The minimum Gasteiger partial charge on any atom is -0.349 e. The van der Waals surface area contributed by atoms with E-state index < -0.39 is 10.0 Å². The van der Waals surface area contributed by atoms with Gasteiger partial charge in [0, 0.05) is 24.0 Å². The first-order valence-corrected chi connectivity index (χ1v) is 12.2. The van der Waals surface area contributed by atoms with E-state index >= 15 is 0 Å². The Bertz CT molecular complexity index is 1200. The van der Waals surface area contributed by atoms with Crippen LogP contribution < -0.4 is 5.32 Å². The van der Waals surface area contributed by atoms with Crippen LogP contribution in [-0.2, 0) is 14.8 Å². The molecule has 1 heterocycles. The molecule has 1 fully saturated rings. The van der Waals surface area contributed by atoms with Crippen LogP contribution in [0.25, 0.3) is 10.8 Å². The molecule has 31 heavy (non-hydrogen) atoms. The molecule has 3 aromatic carbocycles. The van der Waals surface area contributed by atoms with Crippen LogP contribution in [0.4, 0.5) is 0 Å². The number of sulfonamides is 1. The molecule has 0 aliphatic carbocycles. The standard InChI is InChI=1S/C24H25ClN2O3S/c1-17(22-8-4-5-9-23(22)25)26-24(28)19-12-14-27(15-13-19)31(29,30)21-11-10-18-6-2-3-7-20(18)16-21/h2-11,16-17,19H,12-15H2,1H3,(H,26,28). The van der Waals surface area contributed by atoms with Gasteiger partial charge in [0.25, 0.3) is 0 Å². The zero-order valence-corrected chi connectivity index (χ0v) is 18.9. The fourth-order valence-electron chi connectivity index (χ4n) is 4.07. The number of piperidine rings is 1. The van der Waals surface area contributed by atoms with Gasteiger partial charge in [-0.15, -0.1) is 0 Å². The summed E-state index contributed by atoms with van der Waals surface area (Å²) in [4.78, 5) is 13.0. The number of carbonyl (C=O) groups excluding carboxylic acids is 1. The van der Waals surface area contributed by atoms with Crippen LogP contribution >= 0.6 is 11.6 Å². The maximum Gasteiger partial charge on any atom is 0.243 e. The van der Waals surface area contributed by atoms with E-state index in [1.807, 2.05) is 55.5 Å². The van der Waals surface area contributed by atoms with Crippen LogP contribution in [0.3, 0.4) is 0 Å². The third-order valence-electron chi connectivity index (χ3n) is 5.91. The number of halogens is 1. The summed E-state index contributed by atoms with van der Waals surface area (Å²) in [6.07, 6.45) is 0.988. The number of hydrogen-bond donors (Lipinski definition) is 1. The van der Waals surface area contributed by atoms with Crippen molar-refractivity contribution in [2.75, 3.05) is 13.1 Å². The van der Waals surface area contributed by atoms with Crippen molar-refractivity contribution in [2.24, 2.45) is 5.92 Å². The average molecular weight is 457 g/mol. The van der Waals surface area contributed by atoms with Gasteiger partial charge in [0.1, 0.15) is 0 Å². The first-order valence-electron chi connectivity index (χ1n) is 10.4. The van der Waals surface area contributed by atoms with E-state index in [0.29, 0.717) is 35.8 Å². The monoisotopic (exact) mass is 456 g/mol. The van der Waals surface area contributed by atoms with Crippen molar-refractivity contribution in [1.82, 2.24) is 9.62 Å². The van der Waals surface area contributed by atoms with Gasteiger partial charge >= 0.3 is 0 Å². The molecule has 1 unspecified atom stereocenters. The Labute approximate surface area is 188 Å². The van der Waals surface area contributed by atoms with E-state index in [1.54, 1.807) is 18.2 Å². The molecular formula is C24H25ClN2O3S. The zero-order valence-electron chi connectivity index (χ0n) is 17.3. The third-order valence-corrected chi connectivity index (χ3v) is 8.15. The number of fused-ring (bicyclic) bond motifs is 1. The van der Waals surface area contributed by atoms with Crippen molar-refractivity contribution in [2.45, 2.75) is 30.7 Å². The Morgan fingerprint density at radius 1 is 1.00 bits per heavy atom. The molecule has 1 N–H and O–H groups in total. The number of benzene rings is 3. The van der Waals surface area contributed by atoms with E-state index in [4.69, 9.17) is 11.6 Å². The molecule has 7 heteroatoms. The summed E-state index contributed by atoms with van der Waals surface area (Å²) >= 11 is 6.23. The van der Waals surface area contributed by atoms with Gasteiger partial charge in [0.2, 0.25) is 15.9 Å². The Kier molecular flexibility index (Phi) is 6.32. The molecule has 1 saturated heterocycles. The van der Waals surface area contributed by atoms with Gasteiger partial charge < -0.3 is 5.32 Å². The third kappa shape index (κ3) is 4.61. The van der Waals surface area contributed by atoms with E-state index in [9.17, 15) is 13.2 Å². The van der Waals surface area contributed by atoms with Crippen LogP contribution in [0.15, 0.2) is 71.6 Å². The number of nitrogens with zero attached hydrogens (tertiary/aromatic N) is 1. The summed E-state index contributed by atoms with van der Waals surface area (Å²) in [5, 5.41) is 5.54. The molecule has 4 rings (SSSR count). The molecule has 0 spiro atoms. The fraction of sp³-hybridized carbons (Fsp3) is 0.292. The molecular weight excluding hydrogens is 432 g/mol. The summed E-state index contributed by atoms with van der Waals surface area (Å²) in [7, 11) is -3.59. The van der Waals surface area contributed by atoms with Gasteiger partial charge in [-0.05, 0) is 54.3 Å². The highest BCUT2D eigenvalue weighted by molar-refractivity contribution is 7.89. The number of amides is 1. The lowest BCUT2D eigenvalue weighted by molar-refractivity contribution is -0.126. The fourth-order valence-corrected chi connectivity index (χ4v) is 5.88. The minimum absolute atomic E-state index is 0.0600. The van der Waals surface area contributed by atoms with Crippen molar-refractivity contribution in [3.05, 3.63) is 77.3 Å². The topological polar surface area (TPSA) is 66.5 Å². The summed E-state index contributed by atoms with van der Waals surface area (Å²) in [5.41, 5.74) is 0.869. The second-order valence-electron chi connectivity index (χ2n) is 7.94. The predicted octanol–water partition coefficient (Wildman–Crippen LogP) is 4.77. The second-order valence-corrected chi connectivity index (χ2v) is 10.3. The maximum absolute atomic E-state index is 13.1. The van der Waals surface area contributed by atoms with E-state index in [0.717, 1.165) is 16.3 Å². The van der Waals surface area contributed by atoms with Crippen molar-refractivity contribution < 1.29 is 13.2 Å². The van der Waals surface area contributed by atoms with Crippen LogP contribution in [-0.4, -0.2) is 31.7 Å². The molecule has 3 aromatic rings. The summed E-state index contributed by atoms with van der Waals surface area (Å²) in [6, 6.07) is 20.1. The molecule has 5 nitrogen and oxygen atoms in total. The van der Waals surface area contributed by atoms with Gasteiger partial charge in [-0.2, -0.15) is 4.31 Å². The second kappa shape index (κ2) is 8.99. The molecule has 162 valence electrons. The normalized spacial score (nSPS) is 16.8. The molecule has 0 radical (unpaired) electrons. The van der Waals surface area contributed by atoms with Crippen LogP contribution in [0.1, 0.15) is 31.4 Å². The summed E-state index contributed by atoms with van der Waals surface area (Å²) in [5.74, 6) is -0.275. The maximum atomic E-state index is 13.1. The number of hydrogen-bond acceptors (Lipinski definition) is 3. The Hall–Kier alpha value is -2.41. The van der Waals surface area contributed by atoms with E-state index in [2.05, 4.69) is 5.32 Å². The molecule has 0 saturated carbocycles. The smallest absolute Gasteiger partial charge is 0.243 e. The number of carbonyl (C=O) groups is 1. The minimum atomic E-state index is -3.59. The van der Waals surface area contributed by atoms with Gasteiger partial charge in [-0.25, -0.2) is 8.42 Å². The lowest BCUT2D eigenvalue weighted by Gasteiger charge is -2.31. The van der Waals surface area contributed by atoms with Crippen molar-refractivity contribution in [3.63, 3.8) is 0 Å². The number of nitrogens with one attached hydrogen (secondary N) is 1. The van der Waals surface area contributed by atoms with Crippen LogP contribution in [0.2, 0.25) is 5.02 Å². The first kappa shape index (κ1) is 21.8. The highest BCUT2D eigenvalue weighted by Crippen LogP contribution is 2.28. The zero-order chi connectivity index (χ0) is 22.0. The Morgan fingerprint density at radius 2 is 1.65 bits per heavy atom. The van der Waals surface area contributed by atoms with Gasteiger partial charge in [-0.1, -0.05) is 60.1 Å². The van der Waals surface area contributed by atoms with Crippen LogP contribution in [0.5, 0.6) is 0 Å². The quantitative estimate of drug-likeness (QED) is 0.601. The largest absolute Gasteiger partial charge is 0.349 e. The van der Waals surface area contributed by atoms with Gasteiger partial charge in [-0.3, -0.25) is 4.79 Å². The Balaban J connectivity index is 1.40.